The zero-order valence-corrected chi connectivity index (χ0v) is 6.99. The molecule has 1 heterocycles. The summed E-state index contributed by atoms with van der Waals surface area (Å²) < 4.78 is 0. The van der Waals surface area contributed by atoms with Gasteiger partial charge in [-0.3, -0.25) is 5.01 Å². The number of nitriles is 1. The minimum absolute atomic E-state index is 0.495. The fourth-order valence-electron chi connectivity index (χ4n) is 1.50. The van der Waals surface area contributed by atoms with Gasteiger partial charge in [-0.1, -0.05) is 0 Å². The normalized spacial score (nSPS) is 31.2. The second-order valence-electron chi connectivity index (χ2n) is 3.03. The summed E-state index contributed by atoms with van der Waals surface area (Å²) in [6.45, 7) is 4.27. The second-order valence-corrected chi connectivity index (χ2v) is 3.03. The lowest BCUT2D eigenvalue weighted by atomic mass is 10.2. The first-order valence-corrected chi connectivity index (χ1v) is 3.96. The van der Waals surface area contributed by atoms with Crippen LogP contribution in [-0.2, 0) is 0 Å². The SMILES string of the molecule is C[C@@H]1CC[C@H](C)N1N=CC#N. The van der Waals surface area contributed by atoms with Crippen molar-refractivity contribution in [2.75, 3.05) is 0 Å². The standard InChI is InChI=1S/C8H13N3/c1-7-3-4-8(2)11(7)10-6-5-9/h6-8H,3-4H2,1-2H3/t7-,8+. The van der Waals surface area contributed by atoms with E-state index in [0.29, 0.717) is 12.1 Å². The lowest BCUT2D eigenvalue weighted by Crippen LogP contribution is -2.27. The van der Waals surface area contributed by atoms with E-state index in [1.165, 1.54) is 19.1 Å². The predicted octanol–water partition coefficient (Wildman–Crippen LogP) is 1.37. The molecule has 3 heteroatoms. The second kappa shape index (κ2) is 3.38. The van der Waals surface area contributed by atoms with Gasteiger partial charge in [0.05, 0.1) is 0 Å². The van der Waals surface area contributed by atoms with Gasteiger partial charge < -0.3 is 0 Å². The van der Waals surface area contributed by atoms with Crippen molar-refractivity contribution in [3.8, 4) is 6.07 Å². The third-order valence-electron chi connectivity index (χ3n) is 2.15. The van der Waals surface area contributed by atoms with Crippen molar-refractivity contribution < 1.29 is 0 Å². The Balaban J connectivity index is 2.56. The van der Waals surface area contributed by atoms with Crippen molar-refractivity contribution in [1.29, 1.82) is 5.26 Å². The summed E-state index contributed by atoms with van der Waals surface area (Å²) in [5, 5.41) is 14.3. The van der Waals surface area contributed by atoms with Gasteiger partial charge in [-0.2, -0.15) is 10.4 Å². The molecule has 0 unspecified atom stereocenters. The van der Waals surface area contributed by atoms with Crippen molar-refractivity contribution in [3.05, 3.63) is 0 Å². The third kappa shape index (κ3) is 1.70. The van der Waals surface area contributed by atoms with Crippen LogP contribution in [0.25, 0.3) is 0 Å². The Bertz CT molecular complexity index is 182. The zero-order chi connectivity index (χ0) is 8.27. The van der Waals surface area contributed by atoms with Crippen LogP contribution in [0.1, 0.15) is 26.7 Å². The Labute approximate surface area is 67.3 Å². The highest BCUT2D eigenvalue weighted by molar-refractivity contribution is 5.74. The molecule has 60 valence electrons. The molecular formula is C8H13N3. The maximum absolute atomic E-state index is 8.27. The highest BCUT2D eigenvalue weighted by Gasteiger charge is 2.25. The number of nitrogens with zero attached hydrogens (tertiary/aromatic N) is 3. The monoisotopic (exact) mass is 151 g/mol. The minimum Gasteiger partial charge on any atom is -0.291 e. The van der Waals surface area contributed by atoms with Crippen molar-refractivity contribution >= 4 is 6.21 Å². The van der Waals surface area contributed by atoms with Gasteiger partial charge in [0, 0.05) is 12.1 Å². The Hall–Kier alpha value is -1.04. The maximum atomic E-state index is 8.27. The molecule has 0 N–H and O–H groups in total. The molecule has 11 heavy (non-hydrogen) atoms. The largest absolute Gasteiger partial charge is 0.291 e. The van der Waals surface area contributed by atoms with Crippen LogP contribution < -0.4 is 0 Å². The first-order valence-electron chi connectivity index (χ1n) is 3.96. The van der Waals surface area contributed by atoms with Gasteiger partial charge in [-0.05, 0) is 26.7 Å². The minimum atomic E-state index is 0.495. The van der Waals surface area contributed by atoms with E-state index in [1.807, 2.05) is 11.1 Å². The van der Waals surface area contributed by atoms with Gasteiger partial charge in [-0.15, -0.1) is 0 Å². The van der Waals surface area contributed by atoms with E-state index in [0.717, 1.165) is 0 Å². The van der Waals surface area contributed by atoms with E-state index in [-0.39, 0.29) is 0 Å². The molecule has 1 aliphatic heterocycles. The van der Waals surface area contributed by atoms with Gasteiger partial charge in [-0.25, -0.2) is 0 Å². The fraction of sp³-hybridized carbons (Fsp3) is 0.750. The fourth-order valence-corrected chi connectivity index (χ4v) is 1.50. The van der Waals surface area contributed by atoms with Gasteiger partial charge in [0.2, 0.25) is 0 Å². The van der Waals surface area contributed by atoms with Crippen molar-refractivity contribution in [3.63, 3.8) is 0 Å². The molecule has 1 aliphatic rings. The average molecular weight is 151 g/mol. The molecule has 0 aromatic carbocycles. The highest BCUT2D eigenvalue weighted by atomic mass is 15.5. The van der Waals surface area contributed by atoms with E-state index in [4.69, 9.17) is 5.26 Å². The molecule has 0 spiro atoms. The average Bonchev–Trinajstić information content (AvgIpc) is 2.29. The summed E-state index contributed by atoms with van der Waals surface area (Å²) in [7, 11) is 0. The van der Waals surface area contributed by atoms with E-state index in [9.17, 15) is 0 Å². The molecule has 0 aromatic heterocycles. The lowest BCUT2D eigenvalue weighted by molar-refractivity contribution is 0.226. The number of hydrogen-bond donors (Lipinski definition) is 0. The van der Waals surface area contributed by atoms with Crippen LogP contribution in [-0.4, -0.2) is 23.3 Å². The summed E-state index contributed by atoms with van der Waals surface area (Å²) in [4.78, 5) is 0. The van der Waals surface area contributed by atoms with E-state index < -0.39 is 0 Å². The van der Waals surface area contributed by atoms with Crippen LogP contribution in [0.5, 0.6) is 0 Å². The Morgan fingerprint density at radius 2 is 2.00 bits per heavy atom. The Morgan fingerprint density at radius 1 is 1.45 bits per heavy atom. The van der Waals surface area contributed by atoms with Crippen molar-refractivity contribution in [2.45, 2.75) is 38.8 Å². The summed E-state index contributed by atoms with van der Waals surface area (Å²) in [5.74, 6) is 0. The Morgan fingerprint density at radius 3 is 2.45 bits per heavy atom. The van der Waals surface area contributed by atoms with E-state index in [1.54, 1.807) is 0 Å². The number of hydrazone groups is 1. The van der Waals surface area contributed by atoms with Crippen LogP contribution in [0.2, 0.25) is 0 Å². The number of hydrogen-bond acceptors (Lipinski definition) is 3. The molecule has 1 saturated heterocycles. The Kier molecular flexibility index (Phi) is 2.48. The molecule has 0 radical (unpaired) electrons. The van der Waals surface area contributed by atoms with Crippen molar-refractivity contribution in [1.82, 2.24) is 5.01 Å². The van der Waals surface area contributed by atoms with Crippen LogP contribution in [0.4, 0.5) is 0 Å². The van der Waals surface area contributed by atoms with Gasteiger partial charge in [0.25, 0.3) is 0 Å². The molecule has 2 atom stereocenters. The predicted molar refractivity (Wildman–Crippen MR) is 44.1 cm³/mol. The molecule has 3 nitrogen and oxygen atoms in total. The molecule has 0 bridgehead atoms. The van der Waals surface area contributed by atoms with Gasteiger partial charge in [0.15, 0.2) is 0 Å². The number of rotatable bonds is 1. The summed E-state index contributed by atoms with van der Waals surface area (Å²) in [5.41, 5.74) is 0. The smallest absolute Gasteiger partial charge is 0.124 e. The first-order chi connectivity index (χ1) is 5.25. The van der Waals surface area contributed by atoms with Gasteiger partial charge >= 0.3 is 0 Å². The molecule has 0 aromatic rings. The molecule has 1 rings (SSSR count). The molecule has 0 aliphatic carbocycles. The summed E-state index contributed by atoms with van der Waals surface area (Å²) in [6, 6.07) is 2.89. The summed E-state index contributed by atoms with van der Waals surface area (Å²) >= 11 is 0. The van der Waals surface area contributed by atoms with Crippen molar-refractivity contribution in [2.24, 2.45) is 5.10 Å². The summed E-state index contributed by atoms with van der Waals surface area (Å²) in [6.07, 6.45) is 3.67. The zero-order valence-electron chi connectivity index (χ0n) is 6.99. The lowest BCUT2D eigenvalue weighted by Gasteiger charge is -2.21. The topological polar surface area (TPSA) is 39.4 Å². The van der Waals surface area contributed by atoms with Crippen LogP contribution >= 0.6 is 0 Å². The molecule has 0 amide bonds. The highest BCUT2D eigenvalue weighted by Crippen LogP contribution is 2.22. The third-order valence-corrected chi connectivity index (χ3v) is 2.15. The quantitative estimate of drug-likeness (QED) is 0.531. The van der Waals surface area contributed by atoms with Crippen LogP contribution in [0.15, 0.2) is 5.10 Å². The molecule has 0 saturated carbocycles. The van der Waals surface area contributed by atoms with Crippen LogP contribution in [0.3, 0.4) is 0 Å². The maximum Gasteiger partial charge on any atom is 0.124 e. The van der Waals surface area contributed by atoms with Gasteiger partial charge in [0.1, 0.15) is 12.3 Å². The molecule has 1 fully saturated rings. The van der Waals surface area contributed by atoms with E-state index in [2.05, 4.69) is 18.9 Å². The van der Waals surface area contributed by atoms with E-state index >= 15 is 0 Å². The first kappa shape index (κ1) is 8.06. The van der Waals surface area contributed by atoms with Crippen LogP contribution in [0, 0.1) is 11.3 Å². The molecular weight excluding hydrogens is 138 g/mol.